The Balaban J connectivity index is 1.73. The molecule has 0 radical (unpaired) electrons. The summed E-state index contributed by atoms with van der Waals surface area (Å²) in [6.07, 6.45) is -4.59. The van der Waals surface area contributed by atoms with Gasteiger partial charge in [0.15, 0.2) is 0 Å². The number of hydrogen-bond acceptors (Lipinski definition) is 5. The van der Waals surface area contributed by atoms with Crippen molar-refractivity contribution < 1.29 is 22.5 Å². The number of amides is 1. The first-order chi connectivity index (χ1) is 12.4. The summed E-state index contributed by atoms with van der Waals surface area (Å²) < 4.78 is 41.9. The van der Waals surface area contributed by atoms with E-state index in [0.29, 0.717) is 16.9 Å². The molecule has 0 bridgehead atoms. The van der Waals surface area contributed by atoms with Crippen molar-refractivity contribution in [2.24, 2.45) is 5.73 Å². The van der Waals surface area contributed by atoms with Crippen LogP contribution < -0.4 is 11.1 Å². The van der Waals surface area contributed by atoms with E-state index in [1.165, 1.54) is 12.1 Å². The molecule has 2 aromatic heterocycles. The number of anilines is 1. The van der Waals surface area contributed by atoms with Crippen molar-refractivity contribution >= 4 is 11.6 Å². The van der Waals surface area contributed by atoms with E-state index in [0.717, 1.165) is 6.07 Å². The fourth-order valence-electron chi connectivity index (χ4n) is 2.18. The van der Waals surface area contributed by atoms with E-state index < -0.39 is 17.8 Å². The molecule has 3 rings (SSSR count). The van der Waals surface area contributed by atoms with E-state index in [4.69, 9.17) is 5.73 Å². The molecular weight excluding hydrogens is 349 g/mol. The molecule has 0 atom stereocenters. The van der Waals surface area contributed by atoms with Crippen molar-refractivity contribution in [1.29, 1.82) is 0 Å². The van der Waals surface area contributed by atoms with Crippen LogP contribution in [0.2, 0.25) is 0 Å². The van der Waals surface area contributed by atoms with Gasteiger partial charge in [-0.2, -0.15) is 13.2 Å². The SMILES string of the molecule is NCc1cccc(C(=O)Nc2ccc(-c3cc(C(F)(F)F)on3)cc2)n1. The number of carbonyl (C=O) groups is 1. The molecule has 9 heteroatoms. The van der Waals surface area contributed by atoms with E-state index in [2.05, 4.69) is 20.0 Å². The Morgan fingerprint density at radius 3 is 2.50 bits per heavy atom. The highest BCUT2D eigenvalue weighted by molar-refractivity contribution is 6.02. The molecule has 0 aliphatic carbocycles. The lowest BCUT2D eigenvalue weighted by Gasteiger charge is -2.06. The van der Waals surface area contributed by atoms with E-state index in [9.17, 15) is 18.0 Å². The highest BCUT2D eigenvalue weighted by Crippen LogP contribution is 2.32. The summed E-state index contributed by atoms with van der Waals surface area (Å²) in [7, 11) is 0. The van der Waals surface area contributed by atoms with Gasteiger partial charge >= 0.3 is 6.18 Å². The van der Waals surface area contributed by atoms with Gasteiger partial charge < -0.3 is 15.6 Å². The summed E-state index contributed by atoms with van der Waals surface area (Å²) >= 11 is 0. The number of benzene rings is 1. The van der Waals surface area contributed by atoms with Gasteiger partial charge in [-0.25, -0.2) is 4.98 Å². The molecule has 3 aromatic rings. The molecular formula is C17H13F3N4O2. The predicted octanol–water partition coefficient (Wildman–Crippen LogP) is 3.47. The minimum Gasteiger partial charge on any atom is -0.351 e. The first-order valence-electron chi connectivity index (χ1n) is 7.48. The average Bonchev–Trinajstić information content (AvgIpc) is 3.13. The Labute approximate surface area is 145 Å². The smallest absolute Gasteiger partial charge is 0.351 e. The number of alkyl halides is 3. The maximum absolute atomic E-state index is 12.5. The molecule has 2 heterocycles. The van der Waals surface area contributed by atoms with E-state index >= 15 is 0 Å². The Bertz CT molecular complexity index is 920. The minimum atomic E-state index is -4.59. The van der Waals surface area contributed by atoms with Crippen molar-refractivity contribution in [1.82, 2.24) is 10.1 Å². The minimum absolute atomic E-state index is 0.0486. The van der Waals surface area contributed by atoms with Crippen molar-refractivity contribution in [2.75, 3.05) is 5.32 Å². The summed E-state index contributed by atoms with van der Waals surface area (Å²) in [6.45, 7) is 0.216. The van der Waals surface area contributed by atoms with Gasteiger partial charge in [0.25, 0.3) is 5.91 Å². The Hall–Kier alpha value is -3.20. The zero-order chi connectivity index (χ0) is 18.7. The zero-order valence-electron chi connectivity index (χ0n) is 13.2. The summed E-state index contributed by atoms with van der Waals surface area (Å²) in [6, 6.07) is 11.9. The lowest BCUT2D eigenvalue weighted by atomic mass is 10.1. The van der Waals surface area contributed by atoms with Gasteiger partial charge in [-0.05, 0) is 24.3 Å². The molecule has 0 saturated carbocycles. The lowest BCUT2D eigenvalue weighted by molar-refractivity contribution is -0.155. The molecule has 0 spiro atoms. The second kappa shape index (κ2) is 6.96. The summed E-state index contributed by atoms with van der Waals surface area (Å²) in [5.74, 6) is -1.59. The third-order valence-corrected chi connectivity index (χ3v) is 3.48. The molecule has 0 aliphatic rings. The first-order valence-corrected chi connectivity index (χ1v) is 7.48. The van der Waals surface area contributed by atoms with Gasteiger partial charge in [0, 0.05) is 23.9 Å². The van der Waals surface area contributed by atoms with Crippen molar-refractivity contribution in [3.63, 3.8) is 0 Å². The van der Waals surface area contributed by atoms with Crippen LogP contribution in [-0.2, 0) is 12.7 Å². The summed E-state index contributed by atoms with van der Waals surface area (Å²) in [5, 5.41) is 6.06. The Kier molecular flexibility index (Phi) is 4.72. The largest absolute Gasteiger partial charge is 0.452 e. The maximum Gasteiger partial charge on any atom is 0.452 e. The van der Waals surface area contributed by atoms with Crippen molar-refractivity contribution in [2.45, 2.75) is 12.7 Å². The highest BCUT2D eigenvalue weighted by atomic mass is 19.4. The molecule has 1 amide bonds. The van der Waals surface area contributed by atoms with Crippen molar-refractivity contribution in [3.8, 4) is 11.3 Å². The number of aromatic nitrogens is 2. The van der Waals surface area contributed by atoms with Gasteiger partial charge in [0.2, 0.25) is 5.76 Å². The highest BCUT2D eigenvalue weighted by Gasteiger charge is 2.36. The fraction of sp³-hybridized carbons (Fsp3) is 0.118. The van der Waals surface area contributed by atoms with Crippen LogP contribution in [-0.4, -0.2) is 16.0 Å². The summed E-state index contributed by atoms with van der Waals surface area (Å²) in [5.41, 5.74) is 7.22. The van der Waals surface area contributed by atoms with Crippen LogP contribution in [0.25, 0.3) is 11.3 Å². The van der Waals surface area contributed by atoms with E-state index in [1.54, 1.807) is 30.3 Å². The fourth-order valence-corrected chi connectivity index (χ4v) is 2.18. The molecule has 134 valence electrons. The number of nitrogens with two attached hydrogens (primary N) is 1. The number of pyridine rings is 1. The van der Waals surface area contributed by atoms with Gasteiger partial charge in [-0.3, -0.25) is 4.79 Å². The molecule has 26 heavy (non-hydrogen) atoms. The third-order valence-electron chi connectivity index (χ3n) is 3.48. The maximum atomic E-state index is 12.5. The van der Waals surface area contributed by atoms with Crippen LogP contribution in [0, 0.1) is 0 Å². The second-order valence-electron chi connectivity index (χ2n) is 5.32. The predicted molar refractivity (Wildman–Crippen MR) is 87.0 cm³/mol. The van der Waals surface area contributed by atoms with Crippen LogP contribution in [0.3, 0.4) is 0 Å². The standard InChI is InChI=1S/C17H13F3N4O2/c18-17(19,20)15-8-14(24-26-15)10-4-6-11(7-5-10)23-16(25)13-3-1-2-12(9-21)22-13/h1-8H,9,21H2,(H,23,25). The molecule has 0 aliphatic heterocycles. The van der Waals surface area contributed by atoms with Crippen LogP contribution >= 0.6 is 0 Å². The van der Waals surface area contributed by atoms with E-state index in [-0.39, 0.29) is 17.9 Å². The summed E-state index contributed by atoms with van der Waals surface area (Å²) in [4.78, 5) is 16.3. The normalized spacial score (nSPS) is 11.4. The molecule has 1 aromatic carbocycles. The topological polar surface area (TPSA) is 94.0 Å². The van der Waals surface area contributed by atoms with Gasteiger partial charge in [0.1, 0.15) is 11.4 Å². The quantitative estimate of drug-likeness (QED) is 0.741. The molecule has 0 unspecified atom stereocenters. The number of carbonyl (C=O) groups excluding carboxylic acids is 1. The van der Waals surface area contributed by atoms with Crippen LogP contribution in [0.15, 0.2) is 53.1 Å². The molecule has 3 N–H and O–H groups in total. The number of rotatable bonds is 4. The first kappa shape index (κ1) is 17.6. The number of nitrogens with one attached hydrogen (secondary N) is 1. The zero-order valence-corrected chi connectivity index (χ0v) is 13.2. The van der Waals surface area contributed by atoms with E-state index in [1.807, 2.05) is 0 Å². The molecule has 0 fully saturated rings. The van der Waals surface area contributed by atoms with Gasteiger partial charge in [0.05, 0.1) is 5.69 Å². The average molecular weight is 362 g/mol. The molecule has 0 saturated heterocycles. The van der Waals surface area contributed by atoms with Gasteiger partial charge in [-0.15, -0.1) is 0 Å². The Morgan fingerprint density at radius 1 is 1.15 bits per heavy atom. The lowest BCUT2D eigenvalue weighted by Crippen LogP contribution is -2.15. The number of halogens is 3. The number of hydrogen-bond donors (Lipinski definition) is 2. The second-order valence-corrected chi connectivity index (χ2v) is 5.32. The van der Waals surface area contributed by atoms with Crippen LogP contribution in [0.4, 0.5) is 18.9 Å². The van der Waals surface area contributed by atoms with Crippen molar-refractivity contribution in [3.05, 3.63) is 65.7 Å². The number of nitrogens with zero attached hydrogens (tertiary/aromatic N) is 2. The molecule has 6 nitrogen and oxygen atoms in total. The van der Waals surface area contributed by atoms with Crippen LogP contribution in [0.1, 0.15) is 21.9 Å². The van der Waals surface area contributed by atoms with Gasteiger partial charge in [-0.1, -0.05) is 23.4 Å². The van der Waals surface area contributed by atoms with Crippen LogP contribution in [0.5, 0.6) is 0 Å². The third kappa shape index (κ3) is 3.89. The Morgan fingerprint density at radius 2 is 1.88 bits per heavy atom. The monoisotopic (exact) mass is 362 g/mol.